The van der Waals surface area contributed by atoms with Crippen molar-refractivity contribution < 1.29 is 14.3 Å². The lowest BCUT2D eigenvalue weighted by atomic mass is 10.0. The number of anilines is 1. The minimum atomic E-state index is -0.130. The Labute approximate surface area is 197 Å². The molecule has 0 aliphatic rings. The summed E-state index contributed by atoms with van der Waals surface area (Å²) in [5.41, 5.74) is 5.05. The summed E-state index contributed by atoms with van der Waals surface area (Å²) in [6.07, 6.45) is 0.740. The maximum absolute atomic E-state index is 12.6. The second-order valence-corrected chi connectivity index (χ2v) is 8.06. The fourth-order valence-corrected chi connectivity index (χ4v) is 4.21. The van der Waals surface area contributed by atoms with Gasteiger partial charge in [0, 0.05) is 23.1 Å². The number of fused-ring (bicyclic) bond motifs is 1. The molecule has 0 saturated carbocycles. The molecule has 4 aromatic rings. The Morgan fingerprint density at radius 1 is 1.09 bits per heavy atom. The van der Waals surface area contributed by atoms with Gasteiger partial charge in [0.1, 0.15) is 5.75 Å². The van der Waals surface area contributed by atoms with Crippen LogP contribution in [0.4, 0.5) is 5.69 Å². The van der Waals surface area contributed by atoms with Gasteiger partial charge in [-0.25, -0.2) is 4.68 Å². The van der Waals surface area contributed by atoms with E-state index in [0.717, 1.165) is 33.5 Å². The van der Waals surface area contributed by atoms with E-state index >= 15 is 0 Å². The number of pyridine rings is 1. The predicted molar refractivity (Wildman–Crippen MR) is 130 cm³/mol. The maximum atomic E-state index is 12.6. The molecule has 2 heterocycles. The Kier molecular flexibility index (Phi) is 6.51. The number of hydrogen-bond acceptors (Lipinski definition) is 5. The summed E-state index contributed by atoms with van der Waals surface area (Å²) in [7, 11) is 3.14. The fourth-order valence-electron chi connectivity index (χ4n) is 3.95. The molecule has 8 heteroatoms. The third-order valence-electron chi connectivity index (χ3n) is 5.56. The Balaban J connectivity index is 1.60. The summed E-state index contributed by atoms with van der Waals surface area (Å²) in [6, 6.07) is 15.0. The number of benzene rings is 2. The van der Waals surface area contributed by atoms with Crippen molar-refractivity contribution in [3.05, 3.63) is 70.4 Å². The second-order valence-electron chi connectivity index (χ2n) is 7.65. The summed E-state index contributed by atoms with van der Waals surface area (Å²) in [4.78, 5) is 17.4. The van der Waals surface area contributed by atoms with E-state index < -0.39 is 0 Å². The molecule has 0 bridgehead atoms. The average Bonchev–Trinajstić information content (AvgIpc) is 3.15. The van der Waals surface area contributed by atoms with E-state index in [4.69, 9.17) is 31.2 Å². The molecule has 1 amide bonds. The molecule has 0 aliphatic carbocycles. The molecule has 1 N–H and O–H groups in total. The van der Waals surface area contributed by atoms with Crippen LogP contribution >= 0.6 is 11.6 Å². The standard InChI is InChI=1S/C25H25ClN4O3/c1-15-19(11-13-22(31)27-17-10-12-21(32-3)20(26)14-17)25(33-4)28-24-23(15)16(2)29-30(24)18-8-6-5-7-9-18/h5-10,12,14H,11,13H2,1-4H3,(H,27,31). The van der Waals surface area contributed by atoms with Gasteiger partial charge in [-0.2, -0.15) is 10.1 Å². The van der Waals surface area contributed by atoms with Crippen LogP contribution in [0, 0.1) is 13.8 Å². The zero-order chi connectivity index (χ0) is 23.5. The summed E-state index contributed by atoms with van der Waals surface area (Å²) in [6.45, 7) is 3.99. The van der Waals surface area contributed by atoms with Crippen molar-refractivity contribution in [2.75, 3.05) is 19.5 Å². The monoisotopic (exact) mass is 464 g/mol. The van der Waals surface area contributed by atoms with Gasteiger partial charge in [-0.3, -0.25) is 4.79 Å². The molecule has 33 heavy (non-hydrogen) atoms. The highest BCUT2D eigenvalue weighted by atomic mass is 35.5. The lowest BCUT2D eigenvalue weighted by Crippen LogP contribution is -2.13. The summed E-state index contributed by atoms with van der Waals surface area (Å²) < 4.78 is 12.6. The molecule has 7 nitrogen and oxygen atoms in total. The molecular formula is C25H25ClN4O3. The largest absolute Gasteiger partial charge is 0.495 e. The van der Waals surface area contributed by atoms with Crippen LogP contribution in [0.3, 0.4) is 0 Å². The smallest absolute Gasteiger partial charge is 0.224 e. The minimum Gasteiger partial charge on any atom is -0.495 e. The molecule has 2 aromatic carbocycles. The first kappa shape index (κ1) is 22.6. The van der Waals surface area contributed by atoms with Crippen LogP contribution in [0.2, 0.25) is 5.02 Å². The highest BCUT2D eigenvalue weighted by Gasteiger charge is 2.20. The molecule has 0 saturated heterocycles. The first-order valence-electron chi connectivity index (χ1n) is 10.5. The third kappa shape index (κ3) is 4.50. The van der Waals surface area contributed by atoms with E-state index in [2.05, 4.69) is 5.32 Å². The number of nitrogens with one attached hydrogen (secondary N) is 1. The SMILES string of the molecule is COc1ccc(NC(=O)CCc2c(OC)nc3c(c(C)nn3-c3ccccc3)c2C)cc1Cl. The molecule has 0 aliphatic heterocycles. The molecule has 170 valence electrons. The van der Waals surface area contributed by atoms with E-state index in [9.17, 15) is 4.79 Å². The number of carbonyl (C=O) groups is 1. The predicted octanol–water partition coefficient (Wildman–Crippen LogP) is 5.28. The number of aromatic nitrogens is 3. The number of nitrogens with zero attached hydrogens (tertiary/aromatic N) is 3. The number of carbonyl (C=O) groups excluding carboxylic acids is 1. The molecule has 0 unspecified atom stereocenters. The van der Waals surface area contributed by atoms with Crippen LogP contribution in [0.1, 0.15) is 23.2 Å². The van der Waals surface area contributed by atoms with Crippen LogP contribution in [-0.2, 0) is 11.2 Å². The van der Waals surface area contributed by atoms with Crippen LogP contribution in [0.5, 0.6) is 11.6 Å². The highest BCUT2D eigenvalue weighted by molar-refractivity contribution is 6.32. The average molecular weight is 465 g/mol. The van der Waals surface area contributed by atoms with Gasteiger partial charge in [0.25, 0.3) is 0 Å². The normalized spacial score (nSPS) is 10.9. The number of methoxy groups -OCH3 is 2. The van der Waals surface area contributed by atoms with Crippen LogP contribution in [0.25, 0.3) is 16.7 Å². The van der Waals surface area contributed by atoms with Crippen LogP contribution in [0.15, 0.2) is 48.5 Å². The van der Waals surface area contributed by atoms with Crippen molar-refractivity contribution >= 4 is 34.2 Å². The van der Waals surface area contributed by atoms with Gasteiger partial charge in [0.2, 0.25) is 11.8 Å². The number of ether oxygens (including phenoxy) is 2. The zero-order valence-corrected chi connectivity index (χ0v) is 19.7. The van der Waals surface area contributed by atoms with Gasteiger partial charge in [0.05, 0.1) is 30.6 Å². The number of rotatable bonds is 7. The van der Waals surface area contributed by atoms with E-state index in [1.54, 1.807) is 32.4 Å². The summed E-state index contributed by atoms with van der Waals surface area (Å²) >= 11 is 6.15. The van der Waals surface area contributed by atoms with Gasteiger partial charge in [-0.15, -0.1) is 0 Å². The number of para-hydroxylation sites is 1. The Bertz CT molecular complexity index is 1320. The fraction of sp³-hybridized carbons (Fsp3) is 0.240. The third-order valence-corrected chi connectivity index (χ3v) is 5.86. The number of halogens is 1. The van der Waals surface area contributed by atoms with E-state index in [0.29, 0.717) is 28.8 Å². The molecule has 2 aromatic heterocycles. The first-order chi connectivity index (χ1) is 15.9. The van der Waals surface area contributed by atoms with E-state index in [1.165, 1.54) is 0 Å². The molecule has 0 atom stereocenters. The van der Waals surface area contributed by atoms with Gasteiger partial charge in [0.15, 0.2) is 5.65 Å². The van der Waals surface area contributed by atoms with E-state index in [-0.39, 0.29) is 12.3 Å². The topological polar surface area (TPSA) is 78.3 Å². The van der Waals surface area contributed by atoms with Crippen LogP contribution in [-0.4, -0.2) is 34.9 Å². The summed E-state index contributed by atoms with van der Waals surface area (Å²) in [5.74, 6) is 0.924. The Hall–Kier alpha value is -3.58. The first-order valence-corrected chi connectivity index (χ1v) is 10.9. The lowest BCUT2D eigenvalue weighted by Gasteiger charge is -2.13. The molecule has 0 spiro atoms. The minimum absolute atomic E-state index is 0.130. The van der Waals surface area contributed by atoms with Gasteiger partial charge < -0.3 is 14.8 Å². The van der Waals surface area contributed by atoms with E-state index in [1.807, 2.05) is 48.9 Å². The molecule has 0 radical (unpaired) electrons. The number of hydrogen-bond donors (Lipinski definition) is 1. The highest BCUT2D eigenvalue weighted by Crippen LogP contribution is 2.32. The molecule has 4 rings (SSSR count). The number of aryl methyl sites for hydroxylation is 2. The quantitative estimate of drug-likeness (QED) is 0.402. The number of amides is 1. The van der Waals surface area contributed by atoms with Gasteiger partial charge >= 0.3 is 0 Å². The lowest BCUT2D eigenvalue weighted by molar-refractivity contribution is -0.116. The van der Waals surface area contributed by atoms with Crippen molar-refractivity contribution in [2.45, 2.75) is 26.7 Å². The van der Waals surface area contributed by atoms with Crippen molar-refractivity contribution in [3.63, 3.8) is 0 Å². The Morgan fingerprint density at radius 2 is 1.85 bits per heavy atom. The van der Waals surface area contributed by atoms with Crippen molar-refractivity contribution in [3.8, 4) is 17.3 Å². The zero-order valence-electron chi connectivity index (χ0n) is 19.0. The molecule has 0 fully saturated rings. The van der Waals surface area contributed by atoms with Crippen molar-refractivity contribution in [1.29, 1.82) is 0 Å². The van der Waals surface area contributed by atoms with Gasteiger partial charge in [-0.1, -0.05) is 29.8 Å². The van der Waals surface area contributed by atoms with Crippen molar-refractivity contribution in [2.24, 2.45) is 0 Å². The summed E-state index contributed by atoms with van der Waals surface area (Å²) in [5, 5.41) is 8.99. The van der Waals surface area contributed by atoms with Gasteiger partial charge in [-0.05, 0) is 56.2 Å². The second kappa shape index (κ2) is 9.50. The Morgan fingerprint density at radius 3 is 2.52 bits per heavy atom. The van der Waals surface area contributed by atoms with Crippen LogP contribution < -0.4 is 14.8 Å². The van der Waals surface area contributed by atoms with Crippen molar-refractivity contribution in [1.82, 2.24) is 14.8 Å². The molecular weight excluding hydrogens is 440 g/mol. The maximum Gasteiger partial charge on any atom is 0.224 e.